The van der Waals surface area contributed by atoms with Crippen molar-refractivity contribution in [3.63, 3.8) is 0 Å². The van der Waals surface area contributed by atoms with Crippen molar-refractivity contribution >= 4 is 20.2 Å². The van der Waals surface area contributed by atoms with E-state index in [1.807, 2.05) is 0 Å². The zero-order chi connectivity index (χ0) is 24.7. The van der Waals surface area contributed by atoms with E-state index >= 15 is 0 Å². The predicted octanol–water partition coefficient (Wildman–Crippen LogP) is 2.91. The number of likely N-dealkylation sites (tertiary alicyclic amines) is 2. The van der Waals surface area contributed by atoms with Crippen molar-refractivity contribution in [2.75, 3.05) is 64.9 Å². The fourth-order valence-corrected chi connectivity index (χ4v) is 5.92. The summed E-state index contributed by atoms with van der Waals surface area (Å²) in [6.45, 7) is 13.1. The molecule has 0 unspecified atom stereocenters. The van der Waals surface area contributed by atoms with Crippen molar-refractivity contribution in [2.45, 2.75) is 78.1 Å². The highest BCUT2D eigenvalue weighted by atomic mass is 32.2. The summed E-state index contributed by atoms with van der Waals surface area (Å²) < 4.78 is 61.0. The minimum absolute atomic E-state index is 1.15. The molecular weight excluding hydrogens is 452 g/mol. The van der Waals surface area contributed by atoms with Crippen molar-refractivity contribution in [1.82, 2.24) is 0 Å². The lowest BCUT2D eigenvalue weighted by atomic mass is 10.1. The minimum atomic E-state index is -4.59. The molecule has 0 radical (unpaired) electrons. The van der Waals surface area contributed by atoms with E-state index in [4.69, 9.17) is 0 Å². The molecule has 194 valence electrons. The largest absolute Gasteiger partial charge is 0.748 e. The Morgan fingerprint density at radius 2 is 0.875 bits per heavy atom. The van der Waals surface area contributed by atoms with Gasteiger partial charge in [0, 0.05) is 0 Å². The van der Waals surface area contributed by atoms with Gasteiger partial charge in [0.2, 0.25) is 0 Å². The summed E-state index contributed by atoms with van der Waals surface area (Å²) in [4.78, 5) is 0. The molecule has 2 saturated heterocycles. The van der Waals surface area contributed by atoms with Gasteiger partial charge in [0.1, 0.15) is 0 Å². The lowest BCUT2D eigenvalue weighted by Crippen LogP contribution is -2.48. The highest BCUT2D eigenvalue weighted by Gasteiger charge is 2.24. The van der Waals surface area contributed by atoms with Crippen LogP contribution in [0.25, 0.3) is 0 Å². The quantitative estimate of drug-likeness (QED) is 0.355. The third-order valence-electron chi connectivity index (χ3n) is 6.48. The molecule has 0 spiro atoms. The third-order valence-corrected chi connectivity index (χ3v) is 8.14. The van der Waals surface area contributed by atoms with Gasteiger partial charge in [-0.05, 0) is 51.4 Å². The standard InChI is InChI=1S/2C10H22N.C2H6O6S2/c2*1-3-4-8-11(2)9-6-5-7-10-11;3-9(4,5)1-2-10(6,7)8/h2*3-10H2,1-2H3;1-2H2,(H,3,4,5)(H,6,7,8)/q2*+1;/p-2. The molecule has 0 aliphatic carbocycles. The first-order valence-electron chi connectivity index (χ1n) is 12.3. The molecule has 0 aromatic rings. The van der Waals surface area contributed by atoms with E-state index < -0.39 is 31.7 Å². The smallest absolute Gasteiger partial charge is 0.0955 e. The maximum Gasteiger partial charge on any atom is 0.0955 e. The van der Waals surface area contributed by atoms with Crippen LogP contribution < -0.4 is 0 Å². The Morgan fingerprint density at radius 3 is 1.09 bits per heavy atom. The molecule has 2 aliphatic rings. The molecule has 0 saturated carbocycles. The average Bonchev–Trinajstić information content (AvgIpc) is 2.71. The molecule has 2 aliphatic heterocycles. The van der Waals surface area contributed by atoms with Gasteiger partial charge in [-0.25, -0.2) is 16.8 Å². The molecule has 2 heterocycles. The average molecular weight is 501 g/mol. The van der Waals surface area contributed by atoms with Gasteiger partial charge in [-0.2, -0.15) is 0 Å². The van der Waals surface area contributed by atoms with Crippen LogP contribution >= 0.6 is 0 Å². The second kappa shape index (κ2) is 15.6. The van der Waals surface area contributed by atoms with Crippen molar-refractivity contribution in [2.24, 2.45) is 0 Å². The van der Waals surface area contributed by atoms with Crippen LogP contribution in [0.1, 0.15) is 78.1 Å². The molecule has 10 heteroatoms. The van der Waals surface area contributed by atoms with Gasteiger partial charge >= 0.3 is 0 Å². The van der Waals surface area contributed by atoms with Crippen molar-refractivity contribution in [3.8, 4) is 0 Å². The fourth-order valence-electron chi connectivity index (χ4n) is 4.28. The van der Waals surface area contributed by atoms with Crippen LogP contribution in [0.15, 0.2) is 0 Å². The van der Waals surface area contributed by atoms with Gasteiger partial charge in [-0.1, -0.05) is 26.7 Å². The Bertz CT molecular complexity index is 623. The summed E-state index contributed by atoms with van der Waals surface area (Å²) in [5.41, 5.74) is 0. The number of hydrogen-bond donors (Lipinski definition) is 0. The number of piperidine rings is 2. The summed E-state index contributed by atoms with van der Waals surface area (Å²) in [7, 11) is -4.32. The second-order valence-corrected chi connectivity index (χ2v) is 13.0. The summed E-state index contributed by atoms with van der Waals surface area (Å²) in [6.07, 6.45) is 14.3. The molecule has 2 fully saturated rings. The second-order valence-electron chi connectivity index (χ2n) is 9.93. The molecule has 2 rings (SSSR count). The zero-order valence-electron chi connectivity index (χ0n) is 20.9. The maximum absolute atomic E-state index is 9.72. The number of rotatable bonds is 9. The SMILES string of the molecule is CCCC[N+]1(C)CCCCC1.CCCC[N+]1(C)CCCCC1.O=S(=O)([O-])CCS(=O)(=O)[O-]. The van der Waals surface area contributed by atoms with Crippen LogP contribution in [0.4, 0.5) is 0 Å². The first kappa shape index (κ1) is 31.7. The number of quaternary nitrogens is 2. The Labute approximate surface area is 198 Å². The Hall–Kier alpha value is -0.260. The van der Waals surface area contributed by atoms with Crippen molar-refractivity contribution in [3.05, 3.63) is 0 Å². The van der Waals surface area contributed by atoms with E-state index in [-0.39, 0.29) is 0 Å². The predicted molar refractivity (Wildman–Crippen MR) is 128 cm³/mol. The van der Waals surface area contributed by atoms with Crippen molar-refractivity contribution < 1.29 is 34.9 Å². The topological polar surface area (TPSA) is 114 Å². The Kier molecular flexibility index (Phi) is 15.5. The molecule has 0 N–H and O–H groups in total. The molecule has 32 heavy (non-hydrogen) atoms. The minimum Gasteiger partial charge on any atom is -0.748 e. The van der Waals surface area contributed by atoms with Crippen LogP contribution in [-0.4, -0.2) is 99.8 Å². The Morgan fingerprint density at radius 1 is 0.594 bits per heavy atom. The van der Waals surface area contributed by atoms with E-state index in [1.165, 1.54) is 112 Å². The van der Waals surface area contributed by atoms with Gasteiger partial charge in [-0.3, -0.25) is 0 Å². The van der Waals surface area contributed by atoms with E-state index in [1.54, 1.807) is 0 Å². The summed E-state index contributed by atoms with van der Waals surface area (Å²) >= 11 is 0. The molecule has 0 aromatic heterocycles. The van der Waals surface area contributed by atoms with Gasteiger partial charge < -0.3 is 18.1 Å². The van der Waals surface area contributed by atoms with Crippen LogP contribution in [-0.2, 0) is 20.2 Å². The molecule has 0 aromatic carbocycles. The number of unbranched alkanes of at least 4 members (excludes halogenated alkanes) is 2. The van der Waals surface area contributed by atoms with Gasteiger partial charge in [-0.15, -0.1) is 0 Å². The van der Waals surface area contributed by atoms with E-state index in [2.05, 4.69) is 27.9 Å². The van der Waals surface area contributed by atoms with Crippen LogP contribution in [0.3, 0.4) is 0 Å². The summed E-state index contributed by atoms with van der Waals surface area (Å²) in [6, 6.07) is 0. The van der Waals surface area contributed by atoms with E-state index in [0.29, 0.717) is 0 Å². The fraction of sp³-hybridized carbons (Fsp3) is 1.00. The maximum atomic E-state index is 9.72. The van der Waals surface area contributed by atoms with Gasteiger partial charge in [0.25, 0.3) is 0 Å². The van der Waals surface area contributed by atoms with Gasteiger partial charge in [0.05, 0.1) is 85.1 Å². The number of hydrogen-bond acceptors (Lipinski definition) is 6. The lowest BCUT2D eigenvalue weighted by molar-refractivity contribution is -0.914. The summed E-state index contributed by atoms with van der Waals surface area (Å²) in [5, 5.41) is 0. The van der Waals surface area contributed by atoms with Crippen LogP contribution in [0.2, 0.25) is 0 Å². The lowest BCUT2D eigenvalue weighted by Gasteiger charge is -2.37. The number of nitrogens with zero attached hydrogens (tertiary/aromatic N) is 2. The normalized spacial score (nSPS) is 20.3. The third kappa shape index (κ3) is 18.2. The molecule has 0 amide bonds. The molecule has 8 nitrogen and oxygen atoms in total. The molecule has 0 bridgehead atoms. The first-order chi connectivity index (χ1) is 14.7. The highest BCUT2D eigenvalue weighted by molar-refractivity contribution is 7.89. The first-order valence-corrected chi connectivity index (χ1v) is 15.4. The monoisotopic (exact) mass is 500 g/mol. The van der Waals surface area contributed by atoms with Crippen molar-refractivity contribution in [1.29, 1.82) is 0 Å². The van der Waals surface area contributed by atoms with E-state index in [9.17, 15) is 25.9 Å². The van der Waals surface area contributed by atoms with Gasteiger partial charge in [0.15, 0.2) is 0 Å². The highest BCUT2D eigenvalue weighted by Crippen LogP contribution is 2.17. The Balaban J connectivity index is 0.000000452. The van der Waals surface area contributed by atoms with Crippen LogP contribution in [0.5, 0.6) is 0 Å². The van der Waals surface area contributed by atoms with Crippen LogP contribution in [0, 0.1) is 0 Å². The summed E-state index contributed by atoms with van der Waals surface area (Å²) in [5.74, 6) is -2.31. The van der Waals surface area contributed by atoms with E-state index in [0.717, 1.165) is 0 Å². The zero-order valence-corrected chi connectivity index (χ0v) is 22.5. The molecular formula is C22H48N2O6S2. The molecule has 0 atom stereocenters.